The summed E-state index contributed by atoms with van der Waals surface area (Å²) < 4.78 is 6.88. The summed E-state index contributed by atoms with van der Waals surface area (Å²) in [5, 5.41) is 0. The summed E-state index contributed by atoms with van der Waals surface area (Å²) >= 11 is 0. The Kier molecular flexibility index (Phi) is 4.99. The zero-order chi connectivity index (χ0) is 13.7. The van der Waals surface area contributed by atoms with E-state index < -0.39 is 0 Å². The molecule has 0 radical (unpaired) electrons. The van der Waals surface area contributed by atoms with Crippen LogP contribution >= 0.6 is 0 Å². The first kappa shape index (κ1) is 14.1. The van der Waals surface area contributed by atoms with Gasteiger partial charge in [0.2, 0.25) is 0 Å². The first-order valence-electron chi connectivity index (χ1n) is 6.86. The van der Waals surface area contributed by atoms with Gasteiger partial charge in [-0.05, 0) is 37.9 Å². The molecule has 0 saturated carbocycles. The topological polar surface area (TPSA) is 60.5 Å². The number of hydrogen-bond donors (Lipinski definition) is 1. The Morgan fingerprint density at radius 3 is 3.05 bits per heavy atom. The molecule has 0 spiro atoms. The standard InChI is InChI=1S/C14H23N3O2/c1-19-11-12-5-8-16(9-12)6-2-7-17-10-13(15)3-4-14(17)18/h3-4,10,12H,2,5-9,11,15H2,1H3. The summed E-state index contributed by atoms with van der Waals surface area (Å²) in [5.74, 6) is 0.667. The normalized spacial score (nSPS) is 19.9. The highest BCUT2D eigenvalue weighted by atomic mass is 16.5. The largest absolute Gasteiger partial charge is 0.398 e. The summed E-state index contributed by atoms with van der Waals surface area (Å²) in [6.45, 7) is 4.86. The minimum atomic E-state index is 0.0212. The van der Waals surface area contributed by atoms with E-state index in [1.807, 2.05) is 0 Å². The molecule has 1 aromatic rings. The maximum absolute atomic E-state index is 11.6. The summed E-state index contributed by atoms with van der Waals surface area (Å²) in [7, 11) is 1.76. The van der Waals surface area contributed by atoms with Crippen molar-refractivity contribution in [1.82, 2.24) is 9.47 Å². The first-order valence-corrected chi connectivity index (χ1v) is 6.86. The van der Waals surface area contributed by atoms with Crippen LogP contribution < -0.4 is 11.3 Å². The molecule has 1 aliphatic rings. The van der Waals surface area contributed by atoms with Gasteiger partial charge >= 0.3 is 0 Å². The number of anilines is 1. The van der Waals surface area contributed by atoms with Crippen LogP contribution in [0.15, 0.2) is 23.1 Å². The fourth-order valence-corrected chi connectivity index (χ4v) is 2.68. The molecule has 0 bridgehead atoms. The van der Waals surface area contributed by atoms with E-state index in [-0.39, 0.29) is 5.56 Å². The molecule has 1 fully saturated rings. The highest BCUT2D eigenvalue weighted by Gasteiger charge is 2.21. The van der Waals surface area contributed by atoms with Crippen LogP contribution in [0.5, 0.6) is 0 Å². The lowest BCUT2D eigenvalue weighted by molar-refractivity contribution is 0.153. The monoisotopic (exact) mass is 265 g/mol. The van der Waals surface area contributed by atoms with E-state index in [0.717, 1.165) is 39.2 Å². The van der Waals surface area contributed by atoms with E-state index in [1.54, 1.807) is 23.9 Å². The molecular weight excluding hydrogens is 242 g/mol. The zero-order valence-electron chi connectivity index (χ0n) is 11.5. The van der Waals surface area contributed by atoms with Crippen molar-refractivity contribution in [2.45, 2.75) is 19.4 Å². The van der Waals surface area contributed by atoms with Gasteiger partial charge in [0.25, 0.3) is 5.56 Å². The predicted octanol–water partition coefficient (Wildman–Crippen LogP) is 0.789. The number of hydrogen-bond acceptors (Lipinski definition) is 4. The fraction of sp³-hybridized carbons (Fsp3) is 0.643. The number of likely N-dealkylation sites (tertiary alicyclic amines) is 1. The maximum atomic E-state index is 11.6. The summed E-state index contributed by atoms with van der Waals surface area (Å²) in [4.78, 5) is 14.1. The molecule has 1 aromatic heterocycles. The summed E-state index contributed by atoms with van der Waals surface area (Å²) in [6.07, 6.45) is 3.91. The van der Waals surface area contributed by atoms with Gasteiger partial charge in [-0.1, -0.05) is 0 Å². The smallest absolute Gasteiger partial charge is 0.250 e. The molecular formula is C14H23N3O2. The second-order valence-corrected chi connectivity index (χ2v) is 5.26. The SMILES string of the molecule is COCC1CCN(CCCn2cc(N)ccc2=O)C1. The van der Waals surface area contributed by atoms with E-state index in [4.69, 9.17) is 10.5 Å². The minimum Gasteiger partial charge on any atom is -0.398 e. The van der Waals surface area contributed by atoms with Crippen LogP contribution in [0.4, 0.5) is 5.69 Å². The third-order valence-corrected chi connectivity index (χ3v) is 3.65. The van der Waals surface area contributed by atoms with Crippen molar-refractivity contribution >= 4 is 5.69 Å². The minimum absolute atomic E-state index is 0.0212. The van der Waals surface area contributed by atoms with Crippen molar-refractivity contribution in [1.29, 1.82) is 0 Å². The third kappa shape index (κ3) is 4.08. The van der Waals surface area contributed by atoms with Crippen molar-refractivity contribution in [2.24, 2.45) is 5.92 Å². The van der Waals surface area contributed by atoms with Crippen LogP contribution in [-0.2, 0) is 11.3 Å². The third-order valence-electron chi connectivity index (χ3n) is 3.65. The predicted molar refractivity (Wildman–Crippen MR) is 76.2 cm³/mol. The number of ether oxygens (including phenoxy) is 1. The molecule has 19 heavy (non-hydrogen) atoms. The lowest BCUT2D eigenvalue weighted by Crippen LogP contribution is -2.26. The van der Waals surface area contributed by atoms with Crippen LogP contribution in [0.1, 0.15) is 12.8 Å². The molecule has 2 N–H and O–H groups in total. The summed E-state index contributed by atoms with van der Waals surface area (Å²) in [5.41, 5.74) is 6.35. The van der Waals surface area contributed by atoms with Crippen molar-refractivity contribution in [3.63, 3.8) is 0 Å². The van der Waals surface area contributed by atoms with Crippen LogP contribution in [0.3, 0.4) is 0 Å². The molecule has 5 heteroatoms. The Balaban J connectivity index is 1.75. The number of nitrogens with zero attached hydrogens (tertiary/aromatic N) is 2. The van der Waals surface area contributed by atoms with Gasteiger partial charge in [0.05, 0.1) is 6.61 Å². The maximum Gasteiger partial charge on any atom is 0.250 e. The Hall–Kier alpha value is -1.33. The quantitative estimate of drug-likeness (QED) is 0.826. The number of methoxy groups -OCH3 is 1. The van der Waals surface area contributed by atoms with Gasteiger partial charge in [-0.15, -0.1) is 0 Å². The van der Waals surface area contributed by atoms with Gasteiger partial charge in [-0.25, -0.2) is 0 Å². The van der Waals surface area contributed by atoms with Crippen LogP contribution in [0.25, 0.3) is 0 Å². The average Bonchev–Trinajstić information content (AvgIpc) is 2.82. The Labute approximate surface area is 114 Å². The van der Waals surface area contributed by atoms with Crippen LogP contribution in [0.2, 0.25) is 0 Å². The second-order valence-electron chi connectivity index (χ2n) is 5.26. The molecule has 1 aliphatic heterocycles. The van der Waals surface area contributed by atoms with Crippen molar-refractivity contribution in [2.75, 3.05) is 39.1 Å². The number of aryl methyl sites for hydroxylation is 1. The average molecular weight is 265 g/mol. The molecule has 2 heterocycles. The number of aromatic nitrogens is 1. The number of nitrogens with two attached hydrogens (primary N) is 1. The molecule has 106 valence electrons. The second kappa shape index (κ2) is 6.73. The summed E-state index contributed by atoms with van der Waals surface area (Å²) in [6, 6.07) is 3.18. The van der Waals surface area contributed by atoms with Crippen LogP contribution in [-0.4, -0.2) is 42.8 Å². The molecule has 1 saturated heterocycles. The Morgan fingerprint density at radius 1 is 1.42 bits per heavy atom. The molecule has 0 amide bonds. The molecule has 5 nitrogen and oxygen atoms in total. The van der Waals surface area contributed by atoms with Gasteiger partial charge in [0, 0.05) is 38.1 Å². The first-order chi connectivity index (χ1) is 9.19. The highest BCUT2D eigenvalue weighted by molar-refractivity contribution is 5.33. The molecule has 2 rings (SSSR count). The number of rotatable bonds is 6. The molecule has 0 aromatic carbocycles. The Morgan fingerprint density at radius 2 is 2.26 bits per heavy atom. The molecule has 1 atom stereocenters. The molecule has 0 aliphatic carbocycles. The van der Waals surface area contributed by atoms with E-state index in [2.05, 4.69) is 4.90 Å². The number of pyridine rings is 1. The highest BCUT2D eigenvalue weighted by Crippen LogP contribution is 2.16. The van der Waals surface area contributed by atoms with E-state index in [1.165, 1.54) is 12.5 Å². The Bertz CT molecular complexity index is 458. The van der Waals surface area contributed by atoms with Crippen LogP contribution in [0, 0.1) is 5.92 Å². The lowest BCUT2D eigenvalue weighted by Gasteiger charge is -2.16. The van der Waals surface area contributed by atoms with Crippen molar-refractivity contribution < 1.29 is 4.74 Å². The van der Waals surface area contributed by atoms with Gasteiger partial charge in [-0.2, -0.15) is 0 Å². The van der Waals surface area contributed by atoms with E-state index >= 15 is 0 Å². The van der Waals surface area contributed by atoms with Crippen molar-refractivity contribution in [3.05, 3.63) is 28.7 Å². The van der Waals surface area contributed by atoms with Gasteiger partial charge in [0.15, 0.2) is 0 Å². The number of nitrogen functional groups attached to an aromatic ring is 1. The molecule has 1 unspecified atom stereocenters. The van der Waals surface area contributed by atoms with Crippen molar-refractivity contribution in [3.8, 4) is 0 Å². The van der Waals surface area contributed by atoms with Gasteiger partial charge < -0.3 is 19.9 Å². The fourth-order valence-electron chi connectivity index (χ4n) is 2.68. The van der Waals surface area contributed by atoms with Gasteiger partial charge in [0.1, 0.15) is 0 Å². The lowest BCUT2D eigenvalue weighted by atomic mass is 10.1. The zero-order valence-corrected chi connectivity index (χ0v) is 11.5. The van der Waals surface area contributed by atoms with Gasteiger partial charge in [-0.3, -0.25) is 4.79 Å². The van der Waals surface area contributed by atoms with E-state index in [9.17, 15) is 4.79 Å². The van der Waals surface area contributed by atoms with E-state index in [0.29, 0.717) is 11.6 Å².